The number of hydrogen-bond donors (Lipinski definition) is 0. The van der Waals surface area contributed by atoms with Crippen LogP contribution in [0.1, 0.15) is 12.0 Å². The third kappa shape index (κ3) is 3.22. The molecule has 0 saturated carbocycles. The van der Waals surface area contributed by atoms with Gasteiger partial charge in [-0.25, -0.2) is 0 Å². The molecule has 2 aliphatic heterocycles. The highest BCUT2D eigenvalue weighted by Crippen LogP contribution is 2.18. The van der Waals surface area contributed by atoms with E-state index in [0.29, 0.717) is 18.4 Å². The van der Waals surface area contributed by atoms with E-state index in [1.165, 1.54) is 0 Å². The van der Waals surface area contributed by atoms with Gasteiger partial charge < -0.3 is 9.80 Å². The Hall–Kier alpha value is -0.910. The van der Waals surface area contributed by atoms with Crippen LogP contribution < -0.4 is 0 Å². The fourth-order valence-electron chi connectivity index (χ4n) is 3.13. The smallest absolute Gasteiger partial charge is 0.227 e. The van der Waals surface area contributed by atoms with E-state index in [1.807, 2.05) is 5.38 Å². The van der Waals surface area contributed by atoms with E-state index in [1.54, 1.807) is 11.3 Å². The van der Waals surface area contributed by atoms with Gasteiger partial charge in [0.25, 0.3) is 0 Å². The maximum Gasteiger partial charge on any atom is 0.227 e. The molecule has 4 nitrogen and oxygen atoms in total. The molecule has 5 heteroatoms. The molecule has 0 bridgehead atoms. The van der Waals surface area contributed by atoms with Crippen molar-refractivity contribution in [1.82, 2.24) is 14.7 Å². The molecule has 0 aromatic carbocycles. The first-order valence-electron chi connectivity index (χ1n) is 7.44. The summed E-state index contributed by atoms with van der Waals surface area (Å²) in [6.07, 6.45) is 1.71. The second kappa shape index (κ2) is 6.24. The monoisotopic (exact) mass is 293 g/mol. The molecule has 1 amide bonds. The van der Waals surface area contributed by atoms with E-state index in [2.05, 4.69) is 33.2 Å². The van der Waals surface area contributed by atoms with Crippen LogP contribution in [0.25, 0.3) is 0 Å². The lowest BCUT2D eigenvalue weighted by Gasteiger charge is -2.36. The molecule has 1 unspecified atom stereocenters. The molecule has 2 saturated heterocycles. The normalized spacial score (nSPS) is 25.2. The van der Waals surface area contributed by atoms with E-state index < -0.39 is 0 Å². The predicted molar refractivity (Wildman–Crippen MR) is 82.1 cm³/mol. The van der Waals surface area contributed by atoms with E-state index >= 15 is 0 Å². The van der Waals surface area contributed by atoms with Gasteiger partial charge in [0.15, 0.2) is 0 Å². The summed E-state index contributed by atoms with van der Waals surface area (Å²) < 4.78 is 0. The zero-order chi connectivity index (χ0) is 13.9. The zero-order valence-corrected chi connectivity index (χ0v) is 12.9. The molecule has 2 fully saturated rings. The predicted octanol–water partition coefficient (Wildman–Crippen LogP) is 1.14. The van der Waals surface area contributed by atoms with Crippen LogP contribution in [0.2, 0.25) is 0 Å². The fraction of sp³-hybridized carbons (Fsp3) is 0.667. The molecule has 1 aromatic rings. The summed E-state index contributed by atoms with van der Waals surface area (Å²) >= 11 is 1.66. The van der Waals surface area contributed by atoms with E-state index in [9.17, 15) is 4.79 Å². The Morgan fingerprint density at radius 1 is 1.30 bits per heavy atom. The summed E-state index contributed by atoms with van der Waals surface area (Å²) in [5.74, 6) is 0.292. The van der Waals surface area contributed by atoms with Gasteiger partial charge in [0.1, 0.15) is 0 Å². The first-order valence-corrected chi connectivity index (χ1v) is 8.38. The lowest BCUT2D eigenvalue weighted by Crippen LogP contribution is -2.50. The van der Waals surface area contributed by atoms with Crippen molar-refractivity contribution in [3.05, 3.63) is 22.4 Å². The number of piperazine rings is 1. The summed E-state index contributed by atoms with van der Waals surface area (Å²) in [4.78, 5) is 19.3. The van der Waals surface area contributed by atoms with Gasteiger partial charge in [-0.1, -0.05) is 0 Å². The third-order valence-corrected chi connectivity index (χ3v) is 5.24. The van der Waals surface area contributed by atoms with Crippen LogP contribution in [0.5, 0.6) is 0 Å². The highest BCUT2D eigenvalue weighted by molar-refractivity contribution is 7.07. The molecule has 3 heterocycles. The van der Waals surface area contributed by atoms with Crippen LogP contribution in [-0.4, -0.2) is 73.0 Å². The third-order valence-electron chi connectivity index (χ3n) is 4.51. The van der Waals surface area contributed by atoms with Crippen molar-refractivity contribution in [2.24, 2.45) is 0 Å². The van der Waals surface area contributed by atoms with E-state index in [0.717, 1.165) is 51.3 Å². The Bertz CT molecular complexity index is 440. The number of likely N-dealkylation sites (N-methyl/N-ethyl adjacent to an activating group) is 1. The summed E-state index contributed by atoms with van der Waals surface area (Å²) in [6.45, 7) is 6.45. The highest BCUT2D eigenvalue weighted by atomic mass is 32.1. The molecule has 1 atom stereocenters. The van der Waals surface area contributed by atoms with Crippen LogP contribution >= 0.6 is 11.3 Å². The van der Waals surface area contributed by atoms with Crippen molar-refractivity contribution in [3.63, 3.8) is 0 Å². The van der Waals surface area contributed by atoms with Crippen LogP contribution in [0.4, 0.5) is 0 Å². The molecule has 0 radical (unpaired) electrons. The zero-order valence-electron chi connectivity index (χ0n) is 12.1. The van der Waals surface area contributed by atoms with Crippen molar-refractivity contribution in [3.8, 4) is 0 Å². The Labute approximate surface area is 125 Å². The Morgan fingerprint density at radius 2 is 2.10 bits per heavy atom. The van der Waals surface area contributed by atoms with Gasteiger partial charge in [0.2, 0.25) is 5.91 Å². The number of hydrogen-bond acceptors (Lipinski definition) is 4. The van der Waals surface area contributed by atoms with E-state index in [-0.39, 0.29) is 0 Å². The van der Waals surface area contributed by atoms with Crippen LogP contribution in [-0.2, 0) is 11.2 Å². The average Bonchev–Trinajstić information content (AvgIpc) is 3.10. The molecule has 110 valence electrons. The second-order valence-corrected chi connectivity index (χ2v) is 6.71. The molecule has 1 aromatic heterocycles. The largest absolute Gasteiger partial charge is 0.341 e. The highest BCUT2D eigenvalue weighted by Gasteiger charge is 2.31. The number of nitrogens with zero attached hydrogens (tertiary/aromatic N) is 3. The van der Waals surface area contributed by atoms with Gasteiger partial charge in [-0.2, -0.15) is 11.3 Å². The van der Waals surface area contributed by atoms with Crippen molar-refractivity contribution in [2.75, 3.05) is 46.3 Å². The van der Waals surface area contributed by atoms with Crippen LogP contribution in [0.3, 0.4) is 0 Å². The topological polar surface area (TPSA) is 26.8 Å². The Balaban J connectivity index is 1.50. The first kappa shape index (κ1) is 14.0. The number of thiophene rings is 1. The molecule has 0 N–H and O–H groups in total. The SMILES string of the molecule is CN1CCN(C2CCN(C(=O)Cc3ccsc3)C2)CC1. The van der Waals surface area contributed by atoms with Crippen LogP contribution in [0.15, 0.2) is 16.8 Å². The van der Waals surface area contributed by atoms with Crippen molar-refractivity contribution >= 4 is 17.2 Å². The number of rotatable bonds is 3. The molecule has 3 rings (SSSR count). The minimum atomic E-state index is 0.292. The summed E-state index contributed by atoms with van der Waals surface area (Å²) in [6, 6.07) is 2.63. The average molecular weight is 293 g/mol. The van der Waals surface area contributed by atoms with Crippen molar-refractivity contribution in [1.29, 1.82) is 0 Å². The molecular formula is C15H23N3OS. The molecular weight excluding hydrogens is 270 g/mol. The van der Waals surface area contributed by atoms with E-state index in [4.69, 9.17) is 0 Å². The van der Waals surface area contributed by atoms with Crippen LogP contribution in [0, 0.1) is 0 Å². The molecule has 0 aliphatic carbocycles. The summed E-state index contributed by atoms with van der Waals surface area (Å²) in [5, 5.41) is 4.12. The quantitative estimate of drug-likeness (QED) is 0.836. The maximum atomic E-state index is 12.3. The molecule has 2 aliphatic rings. The second-order valence-electron chi connectivity index (χ2n) is 5.93. The standard InChI is InChI=1S/C15H23N3OS/c1-16-5-7-17(8-6-16)14-2-4-18(11-14)15(19)10-13-3-9-20-12-13/h3,9,12,14H,2,4-8,10-11H2,1H3. The van der Waals surface area contributed by atoms with Gasteiger partial charge in [0, 0.05) is 45.3 Å². The van der Waals surface area contributed by atoms with Gasteiger partial charge >= 0.3 is 0 Å². The number of likely N-dealkylation sites (tertiary alicyclic amines) is 1. The maximum absolute atomic E-state index is 12.3. The summed E-state index contributed by atoms with van der Waals surface area (Å²) in [5.41, 5.74) is 1.16. The fourth-order valence-corrected chi connectivity index (χ4v) is 3.80. The van der Waals surface area contributed by atoms with Crippen molar-refractivity contribution < 1.29 is 4.79 Å². The minimum absolute atomic E-state index is 0.292. The van der Waals surface area contributed by atoms with Gasteiger partial charge in [-0.15, -0.1) is 0 Å². The molecule has 20 heavy (non-hydrogen) atoms. The van der Waals surface area contributed by atoms with Gasteiger partial charge in [-0.3, -0.25) is 9.69 Å². The van der Waals surface area contributed by atoms with Gasteiger partial charge in [-0.05, 0) is 35.9 Å². The minimum Gasteiger partial charge on any atom is -0.341 e. The van der Waals surface area contributed by atoms with Gasteiger partial charge in [0.05, 0.1) is 6.42 Å². The van der Waals surface area contributed by atoms with Crippen molar-refractivity contribution in [2.45, 2.75) is 18.9 Å². The Morgan fingerprint density at radius 3 is 2.80 bits per heavy atom. The summed E-state index contributed by atoms with van der Waals surface area (Å²) in [7, 11) is 2.18. The number of carbonyl (C=O) groups excluding carboxylic acids is 1. The number of carbonyl (C=O) groups is 1. The lowest BCUT2D eigenvalue weighted by molar-refractivity contribution is -0.129. The first-order chi connectivity index (χ1) is 9.72. The number of amides is 1. The lowest BCUT2D eigenvalue weighted by atomic mass is 10.2. The molecule has 0 spiro atoms. The Kier molecular flexibility index (Phi) is 4.38.